The predicted octanol–water partition coefficient (Wildman–Crippen LogP) is 3.22. The van der Waals surface area contributed by atoms with E-state index in [4.69, 9.17) is 4.74 Å². The molecule has 1 aromatic rings. The van der Waals surface area contributed by atoms with Crippen molar-refractivity contribution in [2.75, 3.05) is 25.1 Å². The number of carbonyl (C=O) groups excluding carboxylic acids is 1. The number of anilines is 1. The highest BCUT2D eigenvalue weighted by atomic mass is 79.9. The van der Waals surface area contributed by atoms with Gasteiger partial charge in [0.2, 0.25) is 0 Å². The summed E-state index contributed by atoms with van der Waals surface area (Å²) in [4.78, 5) is 35.0. The van der Waals surface area contributed by atoms with Gasteiger partial charge < -0.3 is 20.1 Å². The number of hydrogen-bond donors (Lipinski definition) is 2. The summed E-state index contributed by atoms with van der Waals surface area (Å²) in [7, 11) is 1.61. The Hall–Kier alpha value is -1.78. The lowest BCUT2D eigenvalue weighted by atomic mass is 10.0. The van der Waals surface area contributed by atoms with Crippen LogP contribution in [-0.2, 0) is 16.0 Å². The van der Waals surface area contributed by atoms with Crippen molar-refractivity contribution in [3.8, 4) is 0 Å². The number of rotatable bonds is 7. The van der Waals surface area contributed by atoms with Gasteiger partial charge in [-0.05, 0) is 55.1 Å². The van der Waals surface area contributed by atoms with Crippen molar-refractivity contribution in [3.63, 3.8) is 0 Å². The van der Waals surface area contributed by atoms with Gasteiger partial charge in [0.15, 0.2) is 5.13 Å². The lowest BCUT2D eigenvalue weighted by molar-refractivity contribution is -0.116. The van der Waals surface area contributed by atoms with Gasteiger partial charge in [-0.15, -0.1) is 0 Å². The highest BCUT2D eigenvalue weighted by Gasteiger charge is 2.33. The van der Waals surface area contributed by atoms with E-state index in [9.17, 15) is 14.7 Å². The van der Waals surface area contributed by atoms with Crippen LogP contribution in [0.5, 0.6) is 0 Å². The highest BCUT2D eigenvalue weighted by molar-refractivity contribution is 9.11. The van der Waals surface area contributed by atoms with Crippen LogP contribution in [0.1, 0.15) is 49.5 Å². The summed E-state index contributed by atoms with van der Waals surface area (Å²) in [5.74, 6) is -1.19. The molecule has 1 aromatic heterocycles. The van der Waals surface area contributed by atoms with Gasteiger partial charge in [-0.3, -0.25) is 4.79 Å². The zero-order valence-electron chi connectivity index (χ0n) is 17.3. The second-order valence-corrected chi connectivity index (χ2v) is 8.74. The van der Waals surface area contributed by atoms with Crippen molar-refractivity contribution >= 4 is 50.0 Å². The lowest BCUT2D eigenvalue weighted by Gasteiger charge is -2.37. The van der Waals surface area contributed by atoms with Gasteiger partial charge >= 0.3 is 5.97 Å². The van der Waals surface area contributed by atoms with Crippen LogP contribution < -0.4 is 10.2 Å². The third-order valence-corrected chi connectivity index (χ3v) is 6.79. The molecule has 2 atom stereocenters. The number of allylic oxidation sites excluding steroid dienone is 1. The molecule has 10 heteroatoms. The first kappa shape index (κ1) is 23.5. The first-order valence-corrected chi connectivity index (χ1v) is 11.0. The van der Waals surface area contributed by atoms with Crippen molar-refractivity contribution in [1.82, 2.24) is 10.3 Å². The standard InChI is InChI=1S/C19H27BrN4O4S/c1-6-12-15(18(26)27)29-19(23-12)24-8-7-13(14(9-24)28-5)22-17(25)11(4)21-16(20)10(2)3/h13-14H,6-9H2,1-5H3,(H,22,25)(H,26,27)/b21-11+/t13?,14-/m0/s1. The zero-order valence-corrected chi connectivity index (χ0v) is 19.7. The Morgan fingerprint density at radius 3 is 2.62 bits per heavy atom. The van der Waals surface area contributed by atoms with Crippen LogP contribution in [0.2, 0.25) is 0 Å². The summed E-state index contributed by atoms with van der Waals surface area (Å²) in [5.41, 5.74) is 1.95. The Labute approximate surface area is 183 Å². The van der Waals surface area contributed by atoms with Crippen molar-refractivity contribution in [3.05, 3.63) is 20.8 Å². The van der Waals surface area contributed by atoms with Crippen molar-refractivity contribution in [2.45, 2.75) is 52.7 Å². The molecule has 29 heavy (non-hydrogen) atoms. The fourth-order valence-electron chi connectivity index (χ4n) is 2.96. The smallest absolute Gasteiger partial charge is 0.347 e. The molecule has 0 aromatic carbocycles. The molecule has 0 radical (unpaired) electrons. The van der Waals surface area contributed by atoms with Gasteiger partial charge in [-0.25, -0.2) is 14.8 Å². The molecule has 0 spiro atoms. The number of halogens is 1. The van der Waals surface area contributed by atoms with Crippen LogP contribution in [0.3, 0.4) is 0 Å². The Balaban J connectivity index is 2.09. The minimum atomic E-state index is -0.951. The molecule has 8 nitrogen and oxygen atoms in total. The van der Waals surface area contributed by atoms with Gasteiger partial charge in [0.05, 0.1) is 17.8 Å². The fraction of sp³-hybridized carbons (Fsp3) is 0.579. The summed E-state index contributed by atoms with van der Waals surface area (Å²) in [6.07, 6.45) is 0.984. The van der Waals surface area contributed by atoms with E-state index in [1.165, 1.54) is 11.3 Å². The number of aromatic nitrogens is 1. The topological polar surface area (TPSA) is 104 Å². The summed E-state index contributed by atoms with van der Waals surface area (Å²) in [5, 5.41) is 13.0. The number of hydrogen-bond acceptors (Lipinski definition) is 7. The lowest BCUT2D eigenvalue weighted by Crippen LogP contribution is -2.55. The molecule has 1 aliphatic heterocycles. The highest BCUT2D eigenvalue weighted by Crippen LogP contribution is 2.29. The molecular weight excluding hydrogens is 460 g/mol. The van der Waals surface area contributed by atoms with Crippen LogP contribution in [0.15, 0.2) is 15.2 Å². The minimum absolute atomic E-state index is 0.163. The van der Waals surface area contributed by atoms with Crippen molar-refractivity contribution in [2.24, 2.45) is 4.99 Å². The fourth-order valence-corrected chi connectivity index (χ4v) is 4.25. The van der Waals surface area contributed by atoms with E-state index in [1.54, 1.807) is 14.0 Å². The van der Waals surface area contributed by atoms with Crippen molar-refractivity contribution in [1.29, 1.82) is 0 Å². The molecule has 1 fully saturated rings. The van der Waals surface area contributed by atoms with Gasteiger partial charge in [-0.1, -0.05) is 18.3 Å². The van der Waals surface area contributed by atoms with E-state index >= 15 is 0 Å². The van der Waals surface area contributed by atoms with Gasteiger partial charge in [-0.2, -0.15) is 0 Å². The SMILES string of the molecule is CCc1nc(N2CCC(NC(=O)/C(C)=N/C(Br)=C(C)C)[C@@H](OC)C2)sc1C(=O)O. The maximum Gasteiger partial charge on any atom is 0.347 e. The number of piperidine rings is 1. The first-order chi connectivity index (χ1) is 13.7. The molecule has 2 heterocycles. The van der Waals surface area contributed by atoms with Crippen LogP contribution in [-0.4, -0.2) is 60.0 Å². The van der Waals surface area contributed by atoms with E-state index in [0.717, 1.165) is 5.57 Å². The number of aryl methyl sites for hydroxylation is 1. The molecule has 1 unspecified atom stereocenters. The minimum Gasteiger partial charge on any atom is -0.477 e. The van der Waals surface area contributed by atoms with Gasteiger partial charge in [0, 0.05) is 20.2 Å². The maximum atomic E-state index is 12.5. The number of nitrogens with one attached hydrogen (secondary N) is 1. The second kappa shape index (κ2) is 10.3. The van der Waals surface area contributed by atoms with Gasteiger partial charge in [0.1, 0.15) is 15.2 Å². The van der Waals surface area contributed by atoms with Crippen LogP contribution in [0, 0.1) is 0 Å². The summed E-state index contributed by atoms with van der Waals surface area (Å²) >= 11 is 4.54. The molecule has 1 saturated heterocycles. The van der Waals surface area contributed by atoms with Gasteiger partial charge in [0.25, 0.3) is 5.91 Å². The van der Waals surface area contributed by atoms with Crippen LogP contribution in [0.25, 0.3) is 0 Å². The molecular formula is C19H27BrN4O4S. The summed E-state index contributed by atoms with van der Waals surface area (Å²) < 4.78 is 6.26. The predicted molar refractivity (Wildman–Crippen MR) is 118 cm³/mol. The Kier molecular flexibility index (Phi) is 8.35. The number of amides is 1. The largest absolute Gasteiger partial charge is 0.477 e. The van der Waals surface area contributed by atoms with E-state index < -0.39 is 5.97 Å². The van der Waals surface area contributed by atoms with E-state index in [1.807, 2.05) is 25.7 Å². The zero-order chi connectivity index (χ0) is 21.7. The summed E-state index contributed by atoms with van der Waals surface area (Å²) in [6.45, 7) is 8.55. The molecule has 160 valence electrons. The van der Waals surface area contributed by atoms with E-state index in [2.05, 4.69) is 31.2 Å². The number of ether oxygens (including phenoxy) is 1. The first-order valence-electron chi connectivity index (χ1n) is 9.37. The molecule has 2 rings (SSSR count). The normalized spacial score (nSPS) is 19.8. The molecule has 0 bridgehead atoms. The molecule has 2 N–H and O–H groups in total. The quantitative estimate of drug-likeness (QED) is 0.452. The van der Waals surface area contributed by atoms with E-state index in [0.29, 0.717) is 47.1 Å². The molecule has 1 amide bonds. The number of nitrogens with zero attached hydrogens (tertiary/aromatic N) is 3. The summed E-state index contributed by atoms with van der Waals surface area (Å²) in [6, 6.07) is -0.163. The monoisotopic (exact) mass is 486 g/mol. The molecule has 0 saturated carbocycles. The van der Waals surface area contributed by atoms with Crippen LogP contribution in [0.4, 0.5) is 5.13 Å². The van der Waals surface area contributed by atoms with E-state index in [-0.39, 0.29) is 22.9 Å². The number of methoxy groups -OCH3 is 1. The molecule has 1 aliphatic rings. The third-order valence-electron chi connectivity index (χ3n) is 4.67. The number of carbonyl (C=O) groups is 2. The number of aliphatic imine (C=N–C) groups is 1. The second-order valence-electron chi connectivity index (χ2n) is 7.01. The number of carboxylic acid groups (broad SMARTS) is 1. The van der Waals surface area contributed by atoms with Crippen LogP contribution >= 0.6 is 27.3 Å². The Morgan fingerprint density at radius 2 is 2.10 bits per heavy atom. The van der Waals surface area contributed by atoms with Crippen molar-refractivity contribution < 1.29 is 19.4 Å². The Bertz CT molecular complexity index is 832. The number of aromatic carboxylic acids is 1. The maximum absolute atomic E-state index is 12.5. The third kappa shape index (κ3) is 5.86. The Morgan fingerprint density at radius 1 is 1.41 bits per heavy atom. The average molecular weight is 487 g/mol. The number of carboxylic acids is 1. The average Bonchev–Trinajstić information content (AvgIpc) is 3.12. The molecule has 0 aliphatic carbocycles. The number of thiazole rings is 1.